The Hall–Kier alpha value is -2.66. The maximum Gasteiger partial charge on any atom is 0.337 e. The van der Waals surface area contributed by atoms with Crippen molar-refractivity contribution in [3.8, 4) is 0 Å². The molecule has 1 aromatic heterocycles. The molecule has 0 bridgehead atoms. The second-order valence-electron chi connectivity index (χ2n) is 8.69. The Kier molecular flexibility index (Phi) is 9.50. The summed E-state index contributed by atoms with van der Waals surface area (Å²) in [6, 6.07) is 4.93. The fraction of sp³-hybridized carbons (Fsp3) is 0.542. The van der Waals surface area contributed by atoms with E-state index in [1.165, 1.54) is 30.2 Å². The van der Waals surface area contributed by atoms with E-state index >= 15 is 0 Å². The molecule has 0 saturated carbocycles. The lowest BCUT2D eigenvalue weighted by Crippen LogP contribution is -2.43. The van der Waals surface area contributed by atoms with E-state index in [1.807, 2.05) is 4.90 Å². The Labute approximate surface area is 212 Å². The minimum absolute atomic E-state index is 0.0378. The van der Waals surface area contributed by atoms with Crippen LogP contribution in [0.4, 0.5) is 0 Å². The number of benzene rings is 1. The van der Waals surface area contributed by atoms with Gasteiger partial charge in [-0.3, -0.25) is 14.4 Å². The van der Waals surface area contributed by atoms with Crippen molar-refractivity contribution >= 4 is 57.1 Å². The minimum Gasteiger partial charge on any atom is -0.465 e. The van der Waals surface area contributed by atoms with Gasteiger partial charge in [0.15, 0.2) is 4.80 Å². The van der Waals surface area contributed by atoms with Gasteiger partial charge in [-0.05, 0) is 43.4 Å². The van der Waals surface area contributed by atoms with Gasteiger partial charge in [-0.25, -0.2) is 4.79 Å². The summed E-state index contributed by atoms with van der Waals surface area (Å²) in [7, 11) is 1.30. The number of likely N-dealkylation sites (tertiary alicyclic amines) is 1. The summed E-state index contributed by atoms with van der Waals surface area (Å²) in [5.74, 6) is -0.0760. The second-order valence-corrected chi connectivity index (χ2v) is 10.7. The quantitative estimate of drug-likeness (QED) is 0.492. The first-order valence-electron chi connectivity index (χ1n) is 11.5. The predicted octanol–water partition coefficient (Wildman–Crippen LogP) is 2.72. The van der Waals surface area contributed by atoms with Crippen LogP contribution in [0.3, 0.4) is 0 Å². The van der Waals surface area contributed by atoms with Crippen LogP contribution in [0.5, 0.6) is 0 Å². The highest BCUT2D eigenvalue weighted by molar-refractivity contribution is 8.00. The molecule has 0 radical (unpaired) electrons. The molecular weight excluding hydrogens is 490 g/mol. The lowest BCUT2D eigenvalue weighted by atomic mass is 9.92. The van der Waals surface area contributed by atoms with Gasteiger partial charge in [0, 0.05) is 13.1 Å². The molecular formula is C24H31N3O6S2. The number of nitrogens with zero attached hydrogens (tertiary/aromatic N) is 3. The largest absolute Gasteiger partial charge is 0.465 e. The van der Waals surface area contributed by atoms with Crippen LogP contribution in [0.25, 0.3) is 10.2 Å². The van der Waals surface area contributed by atoms with Gasteiger partial charge in [-0.15, -0.1) is 11.8 Å². The maximum absolute atomic E-state index is 12.6. The molecule has 2 amide bonds. The van der Waals surface area contributed by atoms with E-state index in [0.29, 0.717) is 32.4 Å². The van der Waals surface area contributed by atoms with Crippen molar-refractivity contribution in [2.24, 2.45) is 16.8 Å². The third-order valence-electron chi connectivity index (χ3n) is 5.59. The van der Waals surface area contributed by atoms with E-state index < -0.39 is 17.8 Å². The molecule has 1 aliphatic rings. The van der Waals surface area contributed by atoms with Gasteiger partial charge >= 0.3 is 11.9 Å². The number of piperidine rings is 1. The van der Waals surface area contributed by atoms with Crippen molar-refractivity contribution in [3.05, 3.63) is 28.6 Å². The lowest BCUT2D eigenvalue weighted by Gasteiger charge is -2.35. The van der Waals surface area contributed by atoms with Crippen LogP contribution < -0.4 is 4.80 Å². The molecule has 1 aliphatic heterocycles. The highest BCUT2D eigenvalue weighted by Crippen LogP contribution is 2.22. The number of thiazole rings is 1. The number of rotatable bonds is 8. The summed E-state index contributed by atoms with van der Waals surface area (Å²) in [4.78, 5) is 55.7. The number of carbonyl (C=O) groups excluding carboxylic acids is 4. The van der Waals surface area contributed by atoms with E-state index in [4.69, 9.17) is 9.47 Å². The second kappa shape index (κ2) is 12.3. The molecule has 1 fully saturated rings. The first-order chi connectivity index (χ1) is 16.7. The molecule has 2 unspecified atom stereocenters. The van der Waals surface area contributed by atoms with Crippen LogP contribution in [0.1, 0.15) is 37.6 Å². The van der Waals surface area contributed by atoms with Crippen LogP contribution in [-0.4, -0.2) is 71.5 Å². The zero-order valence-corrected chi connectivity index (χ0v) is 22.1. The van der Waals surface area contributed by atoms with Gasteiger partial charge in [-0.2, -0.15) is 4.99 Å². The zero-order chi connectivity index (χ0) is 25.5. The monoisotopic (exact) mass is 521 g/mol. The first-order valence-corrected chi connectivity index (χ1v) is 13.5. The Balaban J connectivity index is 1.75. The van der Waals surface area contributed by atoms with Crippen LogP contribution in [0.2, 0.25) is 0 Å². The normalized spacial score (nSPS) is 18.5. The predicted molar refractivity (Wildman–Crippen MR) is 135 cm³/mol. The summed E-state index contributed by atoms with van der Waals surface area (Å²) in [6.07, 6.45) is 1.12. The molecule has 1 aromatic carbocycles. The SMILES string of the molecule is CCOC(=O)Cn1c(=NC(=O)CSCC(=O)N2CC(C)CC(C)C2)sc2cc(C(=O)OC)ccc21. The molecule has 9 nitrogen and oxygen atoms in total. The van der Waals surface area contributed by atoms with Crippen LogP contribution >= 0.6 is 23.1 Å². The molecule has 2 aromatic rings. The summed E-state index contributed by atoms with van der Waals surface area (Å²) in [5, 5.41) is 0. The fourth-order valence-corrected chi connectivity index (χ4v) is 6.00. The third-order valence-corrected chi connectivity index (χ3v) is 7.53. The number of carbonyl (C=O) groups is 4. The number of thioether (sulfide) groups is 1. The molecule has 190 valence electrons. The highest BCUT2D eigenvalue weighted by atomic mass is 32.2. The number of fused-ring (bicyclic) bond motifs is 1. The van der Waals surface area contributed by atoms with Crippen molar-refractivity contribution in [3.63, 3.8) is 0 Å². The van der Waals surface area contributed by atoms with Crippen molar-refractivity contribution in [2.45, 2.75) is 33.7 Å². The number of hydrogen-bond acceptors (Lipinski definition) is 8. The van der Waals surface area contributed by atoms with Crippen molar-refractivity contribution in [1.29, 1.82) is 0 Å². The van der Waals surface area contributed by atoms with Crippen molar-refractivity contribution in [1.82, 2.24) is 9.47 Å². The number of hydrogen-bond donors (Lipinski definition) is 0. The number of amides is 2. The average molecular weight is 522 g/mol. The topological polar surface area (TPSA) is 107 Å². The van der Waals surface area contributed by atoms with Crippen LogP contribution in [0, 0.1) is 11.8 Å². The molecule has 2 atom stereocenters. The number of ether oxygens (including phenoxy) is 2. The van der Waals surface area contributed by atoms with Gasteiger partial charge in [0.1, 0.15) is 6.54 Å². The van der Waals surface area contributed by atoms with Gasteiger partial charge in [0.05, 0.1) is 41.0 Å². The summed E-state index contributed by atoms with van der Waals surface area (Å²) >= 11 is 2.43. The number of aromatic nitrogens is 1. The van der Waals surface area contributed by atoms with Gasteiger partial charge in [-0.1, -0.05) is 25.2 Å². The summed E-state index contributed by atoms with van der Waals surface area (Å²) in [6.45, 7) is 7.64. The molecule has 1 saturated heterocycles. The molecule has 11 heteroatoms. The van der Waals surface area contributed by atoms with Crippen molar-refractivity contribution in [2.75, 3.05) is 38.3 Å². The lowest BCUT2D eigenvalue weighted by molar-refractivity contribution is -0.143. The van der Waals surface area contributed by atoms with E-state index in [9.17, 15) is 19.2 Å². The fourth-order valence-electron chi connectivity index (χ4n) is 4.21. The van der Waals surface area contributed by atoms with E-state index in [1.54, 1.807) is 29.7 Å². The maximum atomic E-state index is 12.6. The Morgan fingerprint density at radius 1 is 1.14 bits per heavy atom. The number of methoxy groups -OCH3 is 1. The van der Waals surface area contributed by atoms with E-state index in [2.05, 4.69) is 18.8 Å². The van der Waals surface area contributed by atoms with E-state index in [-0.39, 0.29) is 30.6 Å². The zero-order valence-electron chi connectivity index (χ0n) is 20.4. The standard InChI is InChI=1S/C24H31N3O6S2/c1-5-33-22(30)12-27-18-7-6-17(23(31)32-4)9-19(18)35-24(27)25-20(28)13-34-14-21(29)26-10-15(2)8-16(3)11-26/h6-7,9,15-16H,5,8,10-14H2,1-4H3. The highest BCUT2D eigenvalue weighted by Gasteiger charge is 2.25. The molecule has 3 rings (SSSR count). The smallest absolute Gasteiger partial charge is 0.337 e. The summed E-state index contributed by atoms with van der Waals surface area (Å²) in [5.41, 5.74) is 1.01. The van der Waals surface area contributed by atoms with Gasteiger partial charge < -0.3 is 18.9 Å². The van der Waals surface area contributed by atoms with Gasteiger partial charge in [0.2, 0.25) is 5.91 Å². The molecule has 35 heavy (non-hydrogen) atoms. The first kappa shape index (κ1) is 26.9. The van der Waals surface area contributed by atoms with Gasteiger partial charge in [0.25, 0.3) is 5.91 Å². The Morgan fingerprint density at radius 3 is 2.51 bits per heavy atom. The van der Waals surface area contributed by atoms with E-state index in [0.717, 1.165) is 19.5 Å². The average Bonchev–Trinajstić information content (AvgIpc) is 3.13. The Bertz CT molecular complexity index is 1160. The Morgan fingerprint density at radius 2 is 1.86 bits per heavy atom. The molecule has 0 spiro atoms. The molecule has 0 N–H and O–H groups in total. The third kappa shape index (κ3) is 7.17. The molecule has 2 heterocycles. The molecule has 0 aliphatic carbocycles. The van der Waals surface area contributed by atoms with Crippen molar-refractivity contribution < 1.29 is 28.7 Å². The van der Waals surface area contributed by atoms with Crippen LogP contribution in [-0.2, 0) is 30.4 Å². The van der Waals surface area contributed by atoms with Crippen LogP contribution in [0.15, 0.2) is 23.2 Å². The number of esters is 2. The summed E-state index contributed by atoms with van der Waals surface area (Å²) < 4.78 is 12.1. The minimum atomic E-state index is -0.481.